The number of nitrogens with two attached hydrogens (primary N) is 1. The molecule has 1 aromatic carbocycles. The molecule has 0 fully saturated rings. The van der Waals surface area contributed by atoms with Crippen molar-refractivity contribution in [3.8, 4) is 0 Å². The number of hydrogen-bond acceptors (Lipinski definition) is 2. The monoisotopic (exact) mass is 228 g/mol. The summed E-state index contributed by atoms with van der Waals surface area (Å²) in [6.45, 7) is 5.09. The van der Waals surface area contributed by atoms with E-state index >= 15 is 0 Å². The largest absolute Gasteiger partial charge is 0.324 e. The van der Waals surface area contributed by atoms with Gasteiger partial charge in [-0.25, -0.2) is 8.78 Å². The lowest BCUT2D eigenvalue weighted by Gasteiger charge is -2.26. The van der Waals surface area contributed by atoms with Crippen molar-refractivity contribution in [2.45, 2.75) is 25.9 Å². The summed E-state index contributed by atoms with van der Waals surface area (Å²) in [5, 5.41) is 0. The highest BCUT2D eigenvalue weighted by Crippen LogP contribution is 2.11. The molecule has 0 aliphatic carbocycles. The maximum atomic E-state index is 12.9. The van der Waals surface area contributed by atoms with Gasteiger partial charge in [0.05, 0.1) is 0 Å². The van der Waals surface area contributed by atoms with Crippen LogP contribution in [0.3, 0.4) is 0 Å². The molecule has 0 aliphatic rings. The first-order chi connectivity index (χ1) is 7.28. The number of rotatable bonds is 4. The maximum Gasteiger partial charge on any atom is 0.159 e. The second-order valence-electron chi connectivity index (χ2n) is 4.91. The van der Waals surface area contributed by atoms with Gasteiger partial charge in [-0.15, -0.1) is 0 Å². The second-order valence-corrected chi connectivity index (χ2v) is 4.91. The van der Waals surface area contributed by atoms with Crippen LogP contribution in [-0.2, 0) is 6.54 Å². The van der Waals surface area contributed by atoms with Crippen molar-refractivity contribution >= 4 is 0 Å². The molecule has 0 aromatic heterocycles. The van der Waals surface area contributed by atoms with E-state index in [1.807, 2.05) is 25.8 Å². The van der Waals surface area contributed by atoms with Gasteiger partial charge in [-0.3, -0.25) is 0 Å². The lowest BCUT2D eigenvalue weighted by atomic mass is 10.1. The lowest BCUT2D eigenvalue weighted by Crippen LogP contribution is -2.43. The number of halogens is 2. The number of likely N-dealkylation sites (N-methyl/N-ethyl adjacent to an activating group) is 1. The zero-order valence-corrected chi connectivity index (χ0v) is 9.93. The summed E-state index contributed by atoms with van der Waals surface area (Å²) >= 11 is 0. The van der Waals surface area contributed by atoms with Gasteiger partial charge < -0.3 is 10.6 Å². The molecule has 0 amide bonds. The lowest BCUT2D eigenvalue weighted by molar-refractivity contribution is 0.263. The van der Waals surface area contributed by atoms with Crippen LogP contribution in [-0.4, -0.2) is 24.0 Å². The fourth-order valence-corrected chi connectivity index (χ4v) is 1.70. The van der Waals surface area contributed by atoms with Gasteiger partial charge in [0.25, 0.3) is 0 Å². The van der Waals surface area contributed by atoms with Gasteiger partial charge in [-0.1, -0.05) is 6.07 Å². The summed E-state index contributed by atoms with van der Waals surface area (Å²) in [6, 6.07) is 3.94. The zero-order valence-electron chi connectivity index (χ0n) is 9.93. The first kappa shape index (κ1) is 13.1. The highest BCUT2D eigenvalue weighted by Gasteiger charge is 2.14. The van der Waals surface area contributed by atoms with Crippen LogP contribution in [0.2, 0.25) is 0 Å². The third-order valence-electron chi connectivity index (χ3n) is 2.11. The van der Waals surface area contributed by atoms with E-state index in [1.54, 1.807) is 6.07 Å². The van der Waals surface area contributed by atoms with Crippen LogP contribution in [0.15, 0.2) is 18.2 Å². The van der Waals surface area contributed by atoms with Crippen LogP contribution in [0.4, 0.5) is 8.78 Å². The first-order valence-electron chi connectivity index (χ1n) is 5.19. The number of hydrogen-bond donors (Lipinski definition) is 1. The van der Waals surface area contributed by atoms with E-state index in [0.717, 1.165) is 11.6 Å². The molecule has 0 saturated heterocycles. The fraction of sp³-hybridized carbons (Fsp3) is 0.500. The molecular formula is C12H18F2N2. The van der Waals surface area contributed by atoms with Gasteiger partial charge in [0.2, 0.25) is 0 Å². The summed E-state index contributed by atoms with van der Waals surface area (Å²) in [7, 11) is 1.90. The predicted octanol–water partition coefficient (Wildman–Crippen LogP) is 2.13. The van der Waals surface area contributed by atoms with Crippen LogP contribution in [0.25, 0.3) is 0 Å². The minimum absolute atomic E-state index is 0.298. The van der Waals surface area contributed by atoms with Crippen molar-refractivity contribution in [3.63, 3.8) is 0 Å². The molecule has 4 heteroatoms. The van der Waals surface area contributed by atoms with Gasteiger partial charge in [0.1, 0.15) is 0 Å². The molecule has 1 aromatic rings. The van der Waals surface area contributed by atoms with Crippen molar-refractivity contribution < 1.29 is 8.78 Å². The second kappa shape index (κ2) is 4.89. The normalized spacial score (nSPS) is 12.2. The molecule has 0 unspecified atom stereocenters. The molecule has 0 atom stereocenters. The quantitative estimate of drug-likeness (QED) is 0.855. The Labute approximate surface area is 95.1 Å². The van der Waals surface area contributed by atoms with Crippen LogP contribution in [0.1, 0.15) is 19.4 Å². The van der Waals surface area contributed by atoms with Crippen molar-refractivity contribution in [2.24, 2.45) is 5.73 Å². The Morgan fingerprint density at radius 2 is 1.88 bits per heavy atom. The Balaban J connectivity index is 2.63. The van der Waals surface area contributed by atoms with E-state index in [4.69, 9.17) is 5.73 Å². The van der Waals surface area contributed by atoms with Gasteiger partial charge in [0.15, 0.2) is 11.6 Å². The molecule has 0 spiro atoms. The molecule has 16 heavy (non-hydrogen) atoms. The van der Waals surface area contributed by atoms with Crippen molar-refractivity contribution in [2.75, 3.05) is 13.6 Å². The van der Waals surface area contributed by atoms with Crippen LogP contribution < -0.4 is 5.73 Å². The fourth-order valence-electron chi connectivity index (χ4n) is 1.70. The standard InChI is InChI=1S/C12H18F2N2/c1-12(2,15)8-16(3)7-9-4-5-10(13)11(14)6-9/h4-6H,7-8,15H2,1-3H3. The molecular weight excluding hydrogens is 210 g/mol. The number of benzene rings is 1. The predicted molar refractivity (Wildman–Crippen MR) is 61.0 cm³/mol. The summed E-state index contributed by atoms with van der Waals surface area (Å²) in [5.74, 6) is -1.62. The van der Waals surface area contributed by atoms with Gasteiger partial charge in [-0.05, 0) is 38.6 Å². The van der Waals surface area contributed by atoms with E-state index in [-0.39, 0.29) is 5.54 Å². The average molecular weight is 228 g/mol. The highest BCUT2D eigenvalue weighted by molar-refractivity contribution is 5.17. The number of nitrogens with zero attached hydrogens (tertiary/aromatic N) is 1. The third-order valence-corrected chi connectivity index (χ3v) is 2.11. The summed E-state index contributed by atoms with van der Waals surface area (Å²) in [6.07, 6.45) is 0. The van der Waals surface area contributed by atoms with Crippen molar-refractivity contribution in [3.05, 3.63) is 35.4 Å². The van der Waals surface area contributed by atoms with Gasteiger partial charge in [0, 0.05) is 18.6 Å². The average Bonchev–Trinajstić information content (AvgIpc) is 2.08. The Morgan fingerprint density at radius 3 is 2.38 bits per heavy atom. The van der Waals surface area contributed by atoms with Crippen molar-refractivity contribution in [1.29, 1.82) is 0 Å². The first-order valence-corrected chi connectivity index (χ1v) is 5.19. The molecule has 0 aliphatic heterocycles. The molecule has 0 bridgehead atoms. The SMILES string of the molecule is CN(Cc1ccc(F)c(F)c1)CC(C)(C)N. The minimum atomic E-state index is -0.814. The Kier molecular flexibility index (Phi) is 3.99. The summed E-state index contributed by atoms with van der Waals surface area (Å²) in [5.41, 5.74) is 6.31. The van der Waals surface area contributed by atoms with E-state index in [1.165, 1.54) is 6.07 Å². The van der Waals surface area contributed by atoms with Crippen LogP contribution in [0.5, 0.6) is 0 Å². The van der Waals surface area contributed by atoms with Gasteiger partial charge in [-0.2, -0.15) is 0 Å². The zero-order chi connectivity index (χ0) is 12.3. The molecule has 0 heterocycles. The molecule has 1 rings (SSSR count). The Hall–Kier alpha value is -1.00. The highest BCUT2D eigenvalue weighted by atomic mass is 19.2. The Bertz CT molecular complexity index is 359. The molecule has 2 N–H and O–H groups in total. The van der Waals surface area contributed by atoms with Crippen molar-refractivity contribution in [1.82, 2.24) is 4.90 Å². The summed E-state index contributed by atoms with van der Waals surface area (Å²) < 4.78 is 25.6. The van der Waals surface area contributed by atoms with E-state index in [0.29, 0.717) is 13.1 Å². The van der Waals surface area contributed by atoms with E-state index in [2.05, 4.69) is 0 Å². The van der Waals surface area contributed by atoms with E-state index in [9.17, 15) is 8.78 Å². The summed E-state index contributed by atoms with van der Waals surface area (Å²) in [4.78, 5) is 1.98. The molecule has 90 valence electrons. The van der Waals surface area contributed by atoms with Crippen LogP contribution in [0, 0.1) is 11.6 Å². The van der Waals surface area contributed by atoms with E-state index < -0.39 is 11.6 Å². The maximum absolute atomic E-state index is 12.9. The minimum Gasteiger partial charge on any atom is -0.324 e. The van der Waals surface area contributed by atoms with Gasteiger partial charge >= 0.3 is 0 Å². The Morgan fingerprint density at radius 1 is 1.25 bits per heavy atom. The molecule has 0 radical (unpaired) electrons. The molecule has 0 saturated carbocycles. The smallest absolute Gasteiger partial charge is 0.159 e. The topological polar surface area (TPSA) is 29.3 Å². The third kappa shape index (κ3) is 4.24. The molecule has 2 nitrogen and oxygen atoms in total. The van der Waals surface area contributed by atoms with Crippen LogP contribution >= 0.6 is 0 Å².